The molecule has 1 atom stereocenters. The van der Waals surface area contributed by atoms with Crippen molar-refractivity contribution >= 4 is 16.8 Å². The van der Waals surface area contributed by atoms with Gasteiger partial charge in [-0.05, 0) is 30.0 Å². The third-order valence-electron chi connectivity index (χ3n) is 4.45. The number of H-pyrrole nitrogens is 1. The zero-order chi connectivity index (χ0) is 19.4. The molecule has 0 unspecified atom stereocenters. The molecule has 0 aliphatic heterocycles. The molecule has 6 nitrogen and oxygen atoms in total. The zero-order valence-electron chi connectivity index (χ0n) is 15.4. The molecule has 2 N–H and O–H groups in total. The lowest BCUT2D eigenvalue weighted by molar-refractivity contribution is -0.122. The van der Waals surface area contributed by atoms with E-state index >= 15 is 0 Å². The Kier molecular flexibility index (Phi) is 5.54. The number of aromatic nitrogens is 2. The molecule has 0 aliphatic carbocycles. The van der Waals surface area contributed by atoms with Gasteiger partial charge < -0.3 is 5.32 Å². The number of rotatable bonds is 6. The van der Waals surface area contributed by atoms with Crippen LogP contribution in [0.2, 0.25) is 0 Å². The highest BCUT2D eigenvalue weighted by atomic mass is 16.2. The molecule has 1 amide bonds. The van der Waals surface area contributed by atoms with E-state index in [1.165, 1.54) is 4.57 Å². The lowest BCUT2D eigenvalue weighted by Gasteiger charge is -2.21. The van der Waals surface area contributed by atoms with Crippen molar-refractivity contribution in [2.75, 3.05) is 0 Å². The molecule has 3 aromatic rings. The van der Waals surface area contributed by atoms with Gasteiger partial charge in [0.1, 0.15) is 6.54 Å². The molecule has 27 heavy (non-hydrogen) atoms. The molecule has 0 aliphatic rings. The van der Waals surface area contributed by atoms with Crippen LogP contribution in [-0.2, 0) is 11.3 Å². The van der Waals surface area contributed by atoms with E-state index in [9.17, 15) is 14.4 Å². The maximum Gasteiger partial charge on any atom is 0.329 e. The Balaban J connectivity index is 1.88. The van der Waals surface area contributed by atoms with Gasteiger partial charge in [-0.2, -0.15) is 0 Å². The van der Waals surface area contributed by atoms with E-state index in [2.05, 4.69) is 24.1 Å². The lowest BCUT2D eigenvalue weighted by atomic mass is 9.97. The quantitative estimate of drug-likeness (QED) is 0.704. The summed E-state index contributed by atoms with van der Waals surface area (Å²) in [6.07, 6.45) is 0.789. The smallest absolute Gasteiger partial charge is 0.329 e. The zero-order valence-corrected chi connectivity index (χ0v) is 15.4. The SMILES string of the molecule is CC(C)C[C@H](NC(=O)Cn1c(=O)[nH]c(=O)c2ccccc21)c1ccccc1. The number of carbonyl (C=O) groups excluding carboxylic acids is 1. The summed E-state index contributed by atoms with van der Waals surface area (Å²) in [7, 11) is 0. The molecule has 2 aromatic carbocycles. The normalized spacial score (nSPS) is 12.3. The number of nitrogens with one attached hydrogen (secondary N) is 2. The van der Waals surface area contributed by atoms with Crippen molar-refractivity contribution < 1.29 is 4.79 Å². The lowest BCUT2D eigenvalue weighted by Crippen LogP contribution is -2.38. The minimum Gasteiger partial charge on any atom is -0.348 e. The van der Waals surface area contributed by atoms with Crippen LogP contribution < -0.4 is 16.6 Å². The number of carbonyl (C=O) groups is 1. The fourth-order valence-electron chi connectivity index (χ4n) is 3.22. The summed E-state index contributed by atoms with van der Waals surface area (Å²) in [4.78, 5) is 39.2. The van der Waals surface area contributed by atoms with E-state index < -0.39 is 11.2 Å². The van der Waals surface area contributed by atoms with Crippen LogP contribution in [0.3, 0.4) is 0 Å². The third-order valence-corrected chi connectivity index (χ3v) is 4.45. The van der Waals surface area contributed by atoms with Crippen molar-refractivity contribution in [2.45, 2.75) is 32.9 Å². The van der Waals surface area contributed by atoms with Crippen LogP contribution in [0.15, 0.2) is 64.2 Å². The Bertz CT molecular complexity index is 1050. The predicted octanol–water partition coefficient (Wildman–Crippen LogP) is 2.59. The summed E-state index contributed by atoms with van der Waals surface area (Å²) < 4.78 is 1.30. The van der Waals surface area contributed by atoms with Gasteiger partial charge in [-0.3, -0.25) is 19.1 Å². The van der Waals surface area contributed by atoms with E-state index in [0.29, 0.717) is 16.8 Å². The highest BCUT2D eigenvalue weighted by molar-refractivity contribution is 5.81. The van der Waals surface area contributed by atoms with Crippen LogP contribution in [0.4, 0.5) is 0 Å². The van der Waals surface area contributed by atoms with Crippen molar-refractivity contribution in [1.82, 2.24) is 14.9 Å². The highest BCUT2D eigenvalue weighted by Gasteiger charge is 2.17. The molecule has 0 saturated carbocycles. The van der Waals surface area contributed by atoms with Gasteiger partial charge in [-0.25, -0.2) is 4.79 Å². The predicted molar refractivity (Wildman–Crippen MR) is 106 cm³/mol. The average Bonchev–Trinajstić information content (AvgIpc) is 2.65. The number of fused-ring (bicyclic) bond motifs is 1. The molecule has 0 spiro atoms. The van der Waals surface area contributed by atoms with E-state index in [-0.39, 0.29) is 18.5 Å². The number of amides is 1. The van der Waals surface area contributed by atoms with E-state index in [1.807, 2.05) is 30.3 Å². The third kappa shape index (κ3) is 4.34. The van der Waals surface area contributed by atoms with Crippen LogP contribution >= 0.6 is 0 Å². The first-order valence-corrected chi connectivity index (χ1v) is 9.02. The van der Waals surface area contributed by atoms with Gasteiger partial charge >= 0.3 is 5.69 Å². The van der Waals surface area contributed by atoms with Crippen molar-refractivity contribution in [2.24, 2.45) is 5.92 Å². The maximum absolute atomic E-state index is 12.7. The molecule has 0 fully saturated rings. The van der Waals surface area contributed by atoms with Crippen LogP contribution in [0.1, 0.15) is 31.9 Å². The largest absolute Gasteiger partial charge is 0.348 e. The number of benzene rings is 2. The first kappa shape index (κ1) is 18.6. The van der Waals surface area contributed by atoms with Gasteiger partial charge in [0.25, 0.3) is 5.56 Å². The molecule has 3 rings (SSSR count). The minimum absolute atomic E-state index is 0.136. The second-order valence-corrected chi connectivity index (χ2v) is 7.02. The molecule has 140 valence electrons. The van der Waals surface area contributed by atoms with Gasteiger partial charge in [-0.15, -0.1) is 0 Å². The molecule has 6 heteroatoms. The average molecular weight is 365 g/mol. The Labute approximate surface area is 156 Å². The van der Waals surface area contributed by atoms with Crippen molar-refractivity contribution in [3.63, 3.8) is 0 Å². The molecular weight excluding hydrogens is 342 g/mol. The van der Waals surface area contributed by atoms with Gasteiger partial charge in [-0.1, -0.05) is 56.3 Å². The molecule has 1 heterocycles. The standard InChI is InChI=1S/C21H23N3O3/c1-14(2)12-17(15-8-4-3-5-9-15)22-19(25)13-24-18-11-7-6-10-16(18)20(26)23-21(24)27/h3-11,14,17H,12-13H2,1-2H3,(H,22,25)(H,23,26,27)/t17-/m0/s1. The first-order chi connectivity index (χ1) is 13.0. The second-order valence-electron chi connectivity index (χ2n) is 7.02. The number of hydrogen-bond donors (Lipinski definition) is 2. The summed E-state index contributed by atoms with van der Waals surface area (Å²) >= 11 is 0. The van der Waals surface area contributed by atoms with Crippen LogP contribution in [0, 0.1) is 5.92 Å². The first-order valence-electron chi connectivity index (χ1n) is 9.02. The number of para-hydroxylation sites is 1. The van der Waals surface area contributed by atoms with Crippen LogP contribution in [0.5, 0.6) is 0 Å². The number of hydrogen-bond acceptors (Lipinski definition) is 3. The molecule has 0 saturated heterocycles. The Morgan fingerprint density at radius 3 is 2.41 bits per heavy atom. The van der Waals surface area contributed by atoms with E-state index in [4.69, 9.17) is 0 Å². The van der Waals surface area contributed by atoms with E-state index in [0.717, 1.165) is 12.0 Å². The summed E-state index contributed by atoms with van der Waals surface area (Å²) in [6, 6.07) is 16.4. The summed E-state index contributed by atoms with van der Waals surface area (Å²) in [5.74, 6) is 0.121. The summed E-state index contributed by atoms with van der Waals surface area (Å²) in [5, 5.41) is 3.41. The van der Waals surface area contributed by atoms with Crippen molar-refractivity contribution in [3.8, 4) is 0 Å². The second kappa shape index (κ2) is 8.03. The van der Waals surface area contributed by atoms with Gasteiger partial charge in [0, 0.05) is 0 Å². The van der Waals surface area contributed by atoms with Crippen LogP contribution in [-0.4, -0.2) is 15.5 Å². The summed E-state index contributed by atoms with van der Waals surface area (Å²) in [6.45, 7) is 4.04. The maximum atomic E-state index is 12.7. The van der Waals surface area contributed by atoms with Crippen LogP contribution in [0.25, 0.3) is 10.9 Å². The van der Waals surface area contributed by atoms with Gasteiger partial charge in [0.2, 0.25) is 5.91 Å². The minimum atomic E-state index is -0.589. The Hall–Kier alpha value is -3.15. The van der Waals surface area contributed by atoms with E-state index in [1.54, 1.807) is 24.3 Å². The highest BCUT2D eigenvalue weighted by Crippen LogP contribution is 2.21. The topological polar surface area (TPSA) is 84.0 Å². The van der Waals surface area contributed by atoms with Gasteiger partial charge in [0.05, 0.1) is 16.9 Å². The Morgan fingerprint density at radius 2 is 1.70 bits per heavy atom. The molecule has 0 radical (unpaired) electrons. The van der Waals surface area contributed by atoms with Gasteiger partial charge in [0.15, 0.2) is 0 Å². The molecule has 1 aromatic heterocycles. The number of aromatic amines is 1. The summed E-state index contributed by atoms with van der Waals surface area (Å²) in [5.41, 5.74) is 0.433. The fourth-order valence-corrected chi connectivity index (χ4v) is 3.22. The molecular formula is C21H23N3O3. The van der Waals surface area contributed by atoms with Crippen molar-refractivity contribution in [3.05, 3.63) is 81.0 Å². The Morgan fingerprint density at radius 1 is 1.04 bits per heavy atom. The molecule has 0 bridgehead atoms. The van der Waals surface area contributed by atoms with Crippen molar-refractivity contribution in [1.29, 1.82) is 0 Å². The monoisotopic (exact) mass is 365 g/mol. The fraction of sp³-hybridized carbons (Fsp3) is 0.286. The number of nitrogens with zero attached hydrogens (tertiary/aromatic N) is 1.